The molecule has 1 aliphatic rings. The fraction of sp³-hybridized carbons (Fsp3) is 0.346. The molecule has 0 aliphatic carbocycles. The van der Waals surface area contributed by atoms with Crippen LogP contribution in [0.2, 0.25) is 0 Å². The van der Waals surface area contributed by atoms with Crippen LogP contribution in [-0.4, -0.2) is 45.6 Å². The second-order valence-electron chi connectivity index (χ2n) is 9.02. The van der Waals surface area contributed by atoms with Crippen LogP contribution in [0.3, 0.4) is 0 Å². The van der Waals surface area contributed by atoms with Crippen molar-refractivity contribution in [3.05, 3.63) is 70.5 Å². The van der Waals surface area contributed by atoms with E-state index in [1.165, 1.54) is 0 Å². The summed E-state index contributed by atoms with van der Waals surface area (Å²) >= 11 is 0. The van der Waals surface area contributed by atoms with Crippen LogP contribution < -0.4 is 11.1 Å². The molecule has 34 heavy (non-hydrogen) atoms. The largest absolute Gasteiger partial charge is 0.419 e. The van der Waals surface area contributed by atoms with Gasteiger partial charge in [0.1, 0.15) is 11.5 Å². The average molecular weight is 460 g/mol. The number of rotatable bonds is 6. The second-order valence-corrected chi connectivity index (χ2v) is 9.02. The number of imidazole rings is 1. The normalized spacial score (nSPS) is 13.7. The first-order chi connectivity index (χ1) is 16.5. The minimum absolute atomic E-state index is 0.238. The molecule has 3 heterocycles. The van der Waals surface area contributed by atoms with Gasteiger partial charge in [-0.05, 0) is 51.6 Å². The maximum absolute atomic E-state index is 13.4. The number of oxazole rings is 1. The molecule has 8 heteroatoms. The number of carbonyl (C=O) groups excluding carboxylic acids is 1. The monoisotopic (exact) mass is 459 g/mol. The molecule has 1 amide bonds. The summed E-state index contributed by atoms with van der Waals surface area (Å²) in [6.07, 6.45) is 4.08. The fourth-order valence-corrected chi connectivity index (χ4v) is 4.55. The number of carbonyl (C=O) groups is 1. The third-order valence-electron chi connectivity index (χ3n) is 6.31. The average Bonchev–Trinajstić information content (AvgIpc) is 3.24. The van der Waals surface area contributed by atoms with Gasteiger partial charge in [0.25, 0.3) is 5.91 Å². The van der Waals surface area contributed by atoms with E-state index in [4.69, 9.17) is 9.40 Å². The smallest absolute Gasteiger partial charge is 0.408 e. The minimum atomic E-state index is -0.396. The van der Waals surface area contributed by atoms with E-state index in [-0.39, 0.29) is 5.91 Å². The van der Waals surface area contributed by atoms with E-state index in [1.807, 2.05) is 49.3 Å². The lowest BCUT2D eigenvalue weighted by molar-refractivity contribution is 0.102. The molecule has 0 fully saturated rings. The third-order valence-corrected chi connectivity index (χ3v) is 6.31. The molecule has 176 valence electrons. The Hall–Kier alpha value is -3.65. The van der Waals surface area contributed by atoms with E-state index in [0.717, 1.165) is 49.3 Å². The van der Waals surface area contributed by atoms with Crippen molar-refractivity contribution >= 4 is 22.7 Å². The lowest BCUT2D eigenvalue weighted by atomic mass is 10.1. The molecule has 2 aromatic carbocycles. The SMILES string of the molecule is CN(C)CCn1c(=O)oc2ccc(NC(=O)c3nc(-c4ccccc4)n4c3CCCCC4)cc21. The van der Waals surface area contributed by atoms with Crippen LogP contribution in [0.4, 0.5) is 5.69 Å². The molecule has 0 spiro atoms. The summed E-state index contributed by atoms with van der Waals surface area (Å²) in [6.45, 7) is 2.07. The number of benzene rings is 2. The van der Waals surface area contributed by atoms with Crippen LogP contribution in [0.25, 0.3) is 22.5 Å². The molecule has 0 radical (unpaired) electrons. The molecule has 1 aliphatic heterocycles. The first-order valence-electron chi connectivity index (χ1n) is 11.8. The number of amides is 1. The summed E-state index contributed by atoms with van der Waals surface area (Å²) < 4.78 is 9.18. The van der Waals surface area contributed by atoms with Crippen molar-refractivity contribution in [3.8, 4) is 11.4 Å². The van der Waals surface area contributed by atoms with E-state index in [2.05, 4.69) is 9.88 Å². The van der Waals surface area contributed by atoms with Gasteiger partial charge in [-0.25, -0.2) is 9.78 Å². The quantitative estimate of drug-likeness (QED) is 0.471. The highest BCUT2D eigenvalue weighted by molar-refractivity contribution is 6.04. The molecule has 4 aromatic rings. The number of hydrogen-bond acceptors (Lipinski definition) is 5. The zero-order valence-corrected chi connectivity index (χ0v) is 19.6. The number of likely N-dealkylation sites (N-methyl/N-ethyl adjacent to an activating group) is 1. The van der Waals surface area contributed by atoms with Gasteiger partial charge < -0.3 is 19.2 Å². The zero-order chi connectivity index (χ0) is 23.7. The van der Waals surface area contributed by atoms with E-state index in [9.17, 15) is 9.59 Å². The predicted molar refractivity (Wildman–Crippen MR) is 132 cm³/mol. The Balaban J connectivity index is 1.48. The van der Waals surface area contributed by atoms with Crippen molar-refractivity contribution in [1.29, 1.82) is 0 Å². The summed E-state index contributed by atoms with van der Waals surface area (Å²) in [5, 5.41) is 3.00. The van der Waals surface area contributed by atoms with Crippen molar-refractivity contribution in [2.24, 2.45) is 0 Å². The molecule has 1 N–H and O–H groups in total. The Morgan fingerprint density at radius 2 is 1.94 bits per heavy atom. The van der Waals surface area contributed by atoms with Gasteiger partial charge in [-0.1, -0.05) is 36.8 Å². The van der Waals surface area contributed by atoms with Crippen molar-refractivity contribution < 1.29 is 9.21 Å². The second kappa shape index (κ2) is 9.30. The number of fused-ring (bicyclic) bond motifs is 2. The Labute approximate surface area is 197 Å². The summed E-state index contributed by atoms with van der Waals surface area (Å²) in [5.74, 6) is 0.204. The van der Waals surface area contributed by atoms with Crippen LogP contribution in [0.1, 0.15) is 35.4 Å². The Morgan fingerprint density at radius 3 is 2.74 bits per heavy atom. The lowest BCUT2D eigenvalue weighted by Gasteiger charge is -2.10. The molecule has 0 atom stereocenters. The lowest BCUT2D eigenvalue weighted by Crippen LogP contribution is -2.23. The van der Waals surface area contributed by atoms with Gasteiger partial charge in [0.2, 0.25) is 0 Å². The Kier molecular flexibility index (Phi) is 6.06. The highest BCUT2D eigenvalue weighted by atomic mass is 16.4. The number of nitrogens with one attached hydrogen (secondary N) is 1. The van der Waals surface area contributed by atoms with Gasteiger partial charge in [0.05, 0.1) is 11.2 Å². The van der Waals surface area contributed by atoms with Gasteiger partial charge in [-0.2, -0.15) is 0 Å². The van der Waals surface area contributed by atoms with Gasteiger partial charge in [-0.3, -0.25) is 9.36 Å². The van der Waals surface area contributed by atoms with Crippen LogP contribution >= 0.6 is 0 Å². The molecule has 2 aromatic heterocycles. The summed E-state index contributed by atoms with van der Waals surface area (Å²) in [6, 6.07) is 15.3. The summed E-state index contributed by atoms with van der Waals surface area (Å²) in [7, 11) is 3.91. The highest BCUT2D eigenvalue weighted by Crippen LogP contribution is 2.28. The number of aromatic nitrogens is 3. The van der Waals surface area contributed by atoms with Crippen molar-refractivity contribution in [3.63, 3.8) is 0 Å². The maximum Gasteiger partial charge on any atom is 0.419 e. The van der Waals surface area contributed by atoms with Crippen molar-refractivity contribution in [1.82, 2.24) is 19.0 Å². The van der Waals surface area contributed by atoms with Gasteiger partial charge in [0, 0.05) is 30.9 Å². The number of anilines is 1. The van der Waals surface area contributed by atoms with Gasteiger partial charge in [0.15, 0.2) is 5.58 Å². The molecule has 8 nitrogen and oxygen atoms in total. The Bertz CT molecular complexity index is 1380. The summed E-state index contributed by atoms with van der Waals surface area (Å²) in [4.78, 5) is 32.5. The molecule has 0 saturated heterocycles. The van der Waals surface area contributed by atoms with Crippen LogP contribution in [0.5, 0.6) is 0 Å². The van der Waals surface area contributed by atoms with Crippen LogP contribution in [-0.2, 0) is 19.5 Å². The molecular formula is C26H29N5O3. The number of nitrogens with zero attached hydrogens (tertiary/aromatic N) is 4. The van der Waals surface area contributed by atoms with E-state index < -0.39 is 5.76 Å². The first kappa shape index (κ1) is 22.2. The van der Waals surface area contributed by atoms with Crippen LogP contribution in [0, 0.1) is 0 Å². The molecular weight excluding hydrogens is 430 g/mol. The van der Waals surface area contributed by atoms with Crippen molar-refractivity contribution in [2.75, 3.05) is 26.0 Å². The summed E-state index contributed by atoms with van der Waals surface area (Å²) in [5.41, 5.74) is 4.24. The fourth-order valence-electron chi connectivity index (χ4n) is 4.55. The highest BCUT2D eigenvalue weighted by Gasteiger charge is 2.24. The standard InChI is InChI=1S/C26H29N5O3/c1-29(2)15-16-31-21-17-19(12-13-22(21)34-26(31)33)27-25(32)23-20-11-7-4-8-14-30(20)24(28-23)18-9-5-3-6-10-18/h3,5-6,9-10,12-13,17H,4,7-8,11,14-16H2,1-2H3,(H,27,32). The third kappa shape index (κ3) is 4.28. The zero-order valence-electron chi connectivity index (χ0n) is 19.6. The molecule has 0 bridgehead atoms. The van der Waals surface area contributed by atoms with Crippen molar-refractivity contribution in [2.45, 2.75) is 38.8 Å². The predicted octanol–water partition coefficient (Wildman–Crippen LogP) is 4.00. The first-order valence-corrected chi connectivity index (χ1v) is 11.8. The van der Waals surface area contributed by atoms with E-state index >= 15 is 0 Å². The Morgan fingerprint density at radius 1 is 1.12 bits per heavy atom. The topological polar surface area (TPSA) is 85.3 Å². The van der Waals surface area contributed by atoms with Gasteiger partial charge >= 0.3 is 5.76 Å². The van der Waals surface area contributed by atoms with Crippen LogP contribution in [0.15, 0.2) is 57.7 Å². The molecule has 0 unspecified atom stereocenters. The van der Waals surface area contributed by atoms with E-state index in [0.29, 0.717) is 35.6 Å². The number of hydrogen-bond donors (Lipinski definition) is 1. The molecule has 5 rings (SSSR count). The minimum Gasteiger partial charge on any atom is -0.408 e. The molecule has 0 saturated carbocycles. The maximum atomic E-state index is 13.4. The van der Waals surface area contributed by atoms with E-state index in [1.54, 1.807) is 22.8 Å². The van der Waals surface area contributed by atoms with Gasteiger partial charge in [-0.15, -0.1) is 0 Å².